The average Bonchev–Trinajstić information content (AvgIpc) is 2.75. The third kappa shape index (κ3) is 3.08. The van der Waals surface area contributed by atoms with Crippen molar-refractivity contribution < 1.29 is 5.11 Å². The Kier molecular flexibility index (Phi) is 4.19. The van der Waals surface area contributed by atoms with Crippen LogP contribution in [0, 0.1) is 0 Å². The van der Waals surface area contributed by atoms with Crippen molar-refractivity contribution in [1.82, 2.24) is 5.32 Å². The van der Waals surface area contributed by atoms with Crippen molar-refractivity contribution >= 4 is 0 Å². The summed E-state index contributed by atoms with van der Waals surface area (Å²) in [4.78, 5) is 0. The number of aryl methyl sites for hydroxylation is 2. The van der Waals surface area contributed by atoms with E-state index in [1.54, 1.807) is 0 Å². The van der Waals surface area contributed by atoms with E-state index in [0.717, 1.165) is 6.42 Å². The molecule has 0 aliphatic heterocycles. The van der Waals surface area contributed by atoms with Gasteiger partial charge in [0.2, 0.25) is 0 Å². The molecule has 1 aliphatic rings. The summed E-state index contributed by atoms with van der Waals surface area (Å²) in [6.07, 6.45) is 4.61. The molecule has 1 aromatic carbocycles. The van der Waals surface area contributed by atoms with E-state index in [1.165, 1.54) is 36.0 Å². The Morgan fingerprint density at radius 3 is 2.76 bits per heavy atom. The van der Waals surface area contributed by atoms with Crippen LogP contribution in [0.5, 0.6) is 0 Å². The molecular weight excluding hydrogens is 210 g/mol. The number of aliphatic hydroxyl groups excluding tert-OH is 1. The van der Waals surface area contributed by atoms with E-state index in [4.69, 9.17) is 5.11 Å². The lowest BCUT2D eigenvalue weighted by Crippen LogP contribution is -2.29. The van der Waals surface area contributed by atoms with E-state index in [0.29, 0.717) is 12.1 Å². The van der Waals surface area contributed by atoms with Crippen LogP contribution in [0.4, 0.5) is 0 Å². The van der Waals surface area contributed by atoms with Gasteiger partial charge in [0.25, 0.3) is 0 Å². The summed E-state index contributed by atoms with van der Waals surface area (Å²) in [5, 5.41) is 12.4. The molecule has 1 aliphatic carbocycles. The van der Waals surface area contributed by atoms with E-state index in [-0.39, 0.29) is 6.61 Å². The third-order valence-corrected chi connectivity index (χ3v) is 3.72. The standard InChI is InChI=1S/C15H23NO/c1-11(8-9-17)16-12(2)14-7-6-13-4-3-5-15(13)10-14/h6-7,10-12,16-17H,3-5,8-9H2,1-2H3. The molecule has 0 saturated heterocycles. The number of aliphatic hydroxyl groups is 1. The highest BCUT2D eigenvalue weighted by Gasteiger charge is 2.14. The minimum atomic E-state index is 0.255. The van der Waals surface area contributed by atoms with Gasteiger partial charge < -0.3 is 10.4 Å². The predicted molar refractivity (Wildman–Crippen MR) is 71.2 cm³/mol. The number of nitrogens with one attached hydrogen (secondary N) is 1. The van der Waals surface area contributed by atoms with E-state index in [2.05, 4.69) is 37.4 Å². The van der Waals surface area contributed by atoms with Gasteiger partial charge in [0.15, 0.2) is 0 Å². The van der Waals surface area contributed by atoms with Crippen LogP contribution in [0.3, 0.4) is 0 Å². The largest absolute Gasteiger partial charge is 0.396 e. The van der Waals surface area contributed by atoms with Gasteiger partial charge in [0.1, 0.15) is 0 Å². The summed E-state index contributed by atoms with van der Waals surface area (Å²) < 4.78 is 0. The monoisotopic (exact) mass is 233 g/mol. The molecule has 0 amide bonds. The smallest absolute Gasteiger partial charge is 0.0445 e. The fraction of sp³-hybridized carbons (Fsp3) is 0.600. The van der Waals surface area contributed by atoms with Gasteiger partial charge in [-0.2, -0.15) is 0 Å². The van der Waals surface area contributed by atoms with E-state index < -0.39 is 0 Å². The molecule has 94 valence electrons. The zero-order chi connectivity index (χ0) is 12.3. The maximum atomic E-state index is 8.91. The van der Waals surface area contributed by atoms with Crippen molar-refractivity contribution in [2.75, 3.05) is 6.61 Å². The summed E-state index contributed by atoms with van der Waals surface area (Å²) in [5.74, 6) is 0. The Bertz CT molecular complexity index is 375. The maximum absolute atomic E-state index is 8.91. The van der Waals surface area contributed by atoms with Crippen molar-refractivity contribution in [3.63, 3.8) is 0 Å². The summed E-state index contributed by atoms with van der Waals surface area (Å²) in [5.41, 5.74) is 4.44. The van der Waals surface area contributed by atoms with Crippen LogP contribution in [0.1, 0.15) is 49.4 Å². The maximum Gasteiger partial charge on any atom is 0.0445 e. The summed E-state index contributed by atoms with van der Waals surface area (Å²) in [6, 6.07) is 7.61. The molecule has 0 saturated carbocycles. The Hall–Kier alpha value is -0.860. The first-order valence-electron chi connectivity index (χ1n) is 6.69. The first-order chi connectivity index (χ1) is 8.20. The van der Waals surface area contributed by atoms with Crippen molar-refractivity contribution in [3.8, 4) is 0 Å². The fourth-order valence-corrected chi connectivity index (χ4v) is 2.66. The zero-order valence-corrected chi connectivity index (χ0v) is 10.9. The van der Waals surface area contributed by atoms with Crippen molar-refractivity contribution in [3.05, 3.63) is 34.9 Å². The highest BCUT2D eigenvalue weighted by atomic mass is 16.3. The van der Waals surface area contributed by atoms with Gasteiger partial charge in [-0.25, -0.2) is 0 Å². The normalized spacial score (nSPS) is 17.8. The SMILES string of the molecule is CC(CCO)NC(C)c1ccc2c(c1)CCC2. The van der Waals surface area contributed by atoms with Gasteiger partial charge in [-0.15, -0.1) is 0 Å². The molecule has 0 bridgehead atoms. The third-order valence-electron chi connectivity index (χ3n) is 3.72. The van der Waals surface area contributed by atoms with Crippen LogP contribution in [0.2, 0.25) is 0 Å². The fourth-order valence-electron chi connectivity index (χ4n) is 2.66. The Morgan fingerprint density at radius 2 is 2.00 bits per heavy atom. The van der Waals surface area contributed by atoms with Crippen LogP contribution < -0.4 is 5.32 Å². The van der Waals surface area contributed by atoms with E-state index in [9.17, 15) is 0 Å². The Labute approximate surface area is 104 Å². The van der Waals surface area contributed by atoms with Gasteiger partial charge in [-0.1, -0.05) is 18.2 Å². The first kappa shape index (κ1) is 12.6. The second kappa shape index (κ2) is 5.65. The molecule has 17 heavy (non-hydrogen) atoms. The van der Waals surface area contributed by atoms with Crippen LogP contribution in [0.25, 0.3) is 0 Å². The molecule has 0 spiro atoms. The summed E-state index contributed by atoms with van der Waals surface area (Å²) in [7, 11) is 0. The molecule has 0 aromatic heterocycles. The number of rotatable bonds is 5. The summed E-state index contributed by atoms with van der Waals surface area (Å²) in [6.45, 7) is 4.58. The molecule has 2 heteroatoms. The molecular formula is C15H23NO. The molecule has 2 rings (SSSR count). The van der Waals surface area contributed by atoms with Gasteiger partial charge in [-0.05, 0) is 56.2 Å². The lowest BCUT2D eigenvalue weighted by molar-refractivity contribution is 0.264. The van der Waals surface area contributed by atoms with Gasteiger partial charge >= 0.3 is 0 Å². The lowest BCUT2D eigenvalue weighted by Gasteiger charge is -2.20. The molecule has 2 unspecified atom stereocenters. The van der Waals surface area contributed by atoms with E-state index in [1.807, 2.05) is 0 Å². The molecule has 2 nitrogen and oxygen atoms in total. The molecule has 0 fully saturated rings. The Balaban J connectivity index is 2.01. The zero-order valence-electron chi connectivity index (χ0n) is 10.9. The quantitative estimate of drug-likeness (QED) is 0.819. The molecule has 1 aromatic rings. The molecule has 2 N–H and O–H groups in total. The molecule has 0 radical (unpaired) electrons. The van der Waals surface area contributed by atoms with Crippen molar-refractivity contribution in [2.45, 2.75) is 51.6 Å². The minimum absolute atomic E-state index is 0.255. The first-order valence-corrected chi connectivity index (χ1v) is 6.69. The minimum Gasteiger partial charge on any atom is -0.396 e. The van der Waals surface area contributed by atoms with Crippen LogP contribution in [-0.2, 0) is 12.8 Å². The van der Waals surface area contributed by atoms with Gasteiger partial charge in [0, 0.05) is 18.7 Å². The number of hydrogen-bond acceptors (Lipinski definition) is 2. The van der Waals surface area contributed by atoms with Crippen molar-refractivity contribution in [2.24, 2.45) is 0 Å². The number of fused-ring (bicyclic) bond motifs is 1. The topological polar surface area (TPSA) is 32.3 Å². The van der Waals surface area contributed by atoms with Gasteiger partial charge in [0.05, 0.1) is 0 Å². The van der Waals surface area contributed by atoms with Gasteiger partial charge in [-0.3, -0.25) is 0 Å². The number of benzene rings is 1. The van der Waals surface area contributed by atoms with Crippen molar-refractivity contribution in [1.29, 1.82) is 0 Å². The van der Waals surface area contributed by atoms with Crippen LogP contribution >= 0.6 is 0 Å². The van der Waals surface area contributed by atoms with E-state index >= 15 is 0 Å². The van der Waals surface area contributed by atoms with Crippen LogP contribution in [-0.4, -0.2) is 17.8 Å². The number of hydrogen-bond donors (Lipinski definition) is 2. The second-order valence-electron chi connectivity index (χ2n) is 5.18. The predicted octanol–water partition coefficient (Wildman–Crippen LogP) is 2.60. The summed E-state index contributed by atoms with van der Waals surface area (Å²) >= 11 is 0. The highest BCUT2D eigenvalue weighted by Crippen LogP contribution is 2.25. The molecule has 2 atom stereocenters. The van der Waals surface area contributed by atoms with Crippen LogP contribution in [0.15, 0.2) is 18.2 Å². The second-order valence-corrected chi connectivity index (χ2v) is 5.18. The highest BCUT2D eigenvalue weighted by molar-refractivity contribution is 5.36. The lowest BCUT2D eigenvalue weighted by atomic mass is 10.0. The average molecular weight is 233 g/mol. The molecule has 0 heterocycles. The Morgan fingerprint density at radius 1 is 1.24 bits per heavy atom.